The van der Waals surface area contributed by atoms with E-state index in [1.54, 1.807) is 17.0 Å². The van der Waals surface area contributed by atoms with Crippen molar-refractivity contribution in [1.82, 2.24) is 15.1 Å². The van der Waals surface area contributed by atoms with Crippen LogP contribution in [0.1, 0.15) is 42.7 Å². The minimum Gasteiger partial charge on any atom is -0.366 e. The van der Waals surface area contributed by atoms with Gasteiger partial charge in [0.15, 0.2) is 0 Å². The zero-order chi connectivity index (χ0) is 21.8. The largest absolute Gasteiger partial charge is 0.416 e. The lowest BCUT2D eigenvalue weighted by molar-refractivity contribution is -0.139. The Bertz CT molecular complexity index is 867. The number of nitrogens with one attached hydrogen (secondary N) is 1. The summed E-state index contributed by atoms with van der Waals surface area (Å²) in [6.45, 7) is 2.56. The van der Waals surface area contributed by atoms with E-state index in [1.165, 1.54) is 0 Å². The molecular formula is C22H26F3N3O3. The third-order valence-electron chi connectivity index (χ3n) is 7.37. The summed E-state index contributed by atoms with van der Waals surface area (Å²) in [7, 11) is 0. The molecule has 5 rings (SSSR count). The van der Waals surface area contributed by atoms with Crippen LogP contribution in [-0.4, -0.2) is 66.7 Å². The van der Waals surface area contributed by atoms with Crippen LogP contribution in [0.3, 0.4) is 0 Å². The normalized spacial score (nSPS) is 33.1. The molecule has 168 valence electrons. The average Bonchev–Trinajstić information content (AvgIpc) is 3.17. The Morgan fingerprint density at radius 2 is 1.87 bits per heavy atom. The van der Waals surface area contributed by atoms with Gasteiger partial charge in [-0.1, -0.05) is 12.1 Å². The van der Waals surface area contributed by atoms with Gasteiger partial charge in [0.1, 0.15) is 6.61 Å². The SMILES string of the molecule is O=C1CO[C@H]2CCN(C(=O)N3CCC4(CC(c5ccc(C(F)(F)F)cc5)C4)C3)C[C@H]2N1. The van der Waals surface area contributed by atoms with Crippen LogP contribution in [-0.2, 0) is 15.7 Å². The van der Waals surface area contributed by atoms with E-state index < -0.39 is 11.7 Å². The van der Waals surface area contributed by atoms with Crippen molar-refractivity contribution in [2.75, 3.05) is 32.8 Å². The van der Waals surface area contributed by atoms with Gasteiger partial charge in [-0.05, 0) is 54.7 Å². The van der Waals surface area contributed by atoms with Gasteiger partial charge in [-0.25, -0.2) is 4.79 Å². The van der Waals surface area contributed by atoms with Crippen LogP contribution < -0.4 is 5.32 Å². The van der Waals surface area contributed by atoms with Gasteiger partial charge >= 0.3 is 12.2 Å². The van der Waals surface area contributed by atoms with E-state index in [9.17, 15) is 22.8 Å². The molecule has 1 spiro atoms. The number of carbonyl (C=O) groups excluding carboxylic acids is 2. The number of benzene rings is 1. The van der Waals surface area contributed by atoms with E-state index in [-0.39, 0.29) is 42.0 Å². The molecule has 4 fully saturated rings. The molecule has 1 aromatic carbocycles. The van der Waals surface area contributed by atoms with Crippen molar-refractivity contribution in [3.8, 4) is 0 Å². The summed E-state index contributed by atoms with van der Waals surface area (Å²) >= 11 is 0. The Balaban J connectivity index is 1.16. The first-order valence-corrected chi connectivity index (χ1v) is 10.8. The molecule has 3 heterocycles. The Morgan fingerprint density at radius 1 is 1.13 bits per heavy atom. The maximum absolute atomic E-state index is 13.1. The highest BCUT2D eigenvalue weighted by molar-refractivity contribution is 5.79. The fourth-order valence-electron chi connectivity index (χ4n) is 5.67. The van der Waals surface area contributed by atoms with E-state index in [4.69, 9.17) is 4.74 Å². The second-order valence-corrected chi connectivity index (χ2v) is 9.44. The van der Waals surface area contributed by atoms with Gasteiger partial charge < -0.3 is 19.9 Å². The highest BCUT2D eigenvalue weighted by Gasteiger charge is 2.50. The highest BCUT2D eigenvalue weighted by Crippen LogP contribution is 2.56. The molecule has 3 saturated heterocycles. The summed E-state index contributed by atoms with van der Waals surface area (Å²) in [5, 5.41) is 2.92. The molecule has 1 aromatic rings. The van der Waals surface area contributed by atoms with E-state index >= 15 is 0 Å². The number of fused-ring (bicyclic) bond motifs is 1. The summed E-state index contributed by atoms with van der Waals surface area (Å²) in [6.07, 6.45) is -0.899. The number of urea groups is 1. The lowest BCUT2D eigenvalue weighted by Gasteiger charge is -2.46. The first-order valence-electron chi connectivity index (χ1n) is 10.8. The number of carbonyl (C=O) groups is 2. The van der Waals surface area contributed by atoms with Crippen LogP contribution in [0, 0.1) is 5.41 Å². The predicted octanol–water partition coefficient (Wildman–Crippen LogP) is 2.98. The molecular weight excluding hydrogens is 411 g/mol. The average molecular weight is 437 g/mol. The molecule has 3 amide bonds. The number of halogens is 3. The molecule has 31 heavy (non-hydrogen) atoms. The zero-order valence-electron chi connectivity index (χ0n) is 17.2. The number of hydrogen-bond donors (Lipinski definition) is 1. The molecule has 2 atom stereocenters. The van der Waals surface area contributed by atoms with Gasteiger partial charge in [0.2, 0.25) is 5.91 Å². The van der Waals surface area contributed by atoms with Crippen molar-refractivity contribution < 1.29 is 27.5 Å². The van der Waals surface area contributed by atoms with Crippen molar-refractivity contribution in [3.05, 3.63) is 35.4 Å². The summed E-state index contributed by atoms with van der Waals surface area (Å²) in [5.74, 6) is 0.113. The van der Waals surface area contributed by atoms with Crippen LogP contribution in [0.15, 0.2) is 24.3 Å². The number of piperidine rings is 1. The minimum atomic E-state index is -4.31. The quantitative estimate of drug-likeness (QED) is 0.735. The molecule has 0 bridgehead atoms. The molecule has 3 aliphatic heterocycles. The van der Waals surface area contributed by atoms with Gasteiger partial charge in [0, 0.05) is 26.2 Å². The van der Waals surface area contributed by atoms with Gasteiger partial charge in [-0.2, -0.15) is 13.2 Å². The second-order valence-electron chi connectivity index (χ2n) is 9.44. The molecule has 9 heteroatoms. The maximum atomic E-state index is 13.1. The predicted molar refractivity (Wildman–Crippen MR) is 105 cm³/mol. The lowest BCUT2D eigenvalue weighted by Crippen LogP contribution is -2.62. The standard InChI is InChI=1S/C22H26F3N3O3/c23-22(24,25)16-3-1-14(2-4-16)15-9-21(10-15)6-8-28(13-21)20(30)27-7-5-18-17(11-27)26-19(29)12-31-18/h1-4,15,17-18H,5-13H2,(H,26,29)/t15?,17-,18+,21?/m1/s1. The molecule has 0 radical (unpaired) electrons. The van der Waals surface area contributed by atoms with Crippen LogP contribution >= 0.6 is 0 Å². The third kappa shape index (κ3) is 3.88. The lowest BCUT2D eigenvalue weighted by atomic mass is 9.59. The summed E-state index contributed by atoms with van der Waals surface area (Å²) in [6, 6.07) is 5.34. The Morgan fingerprint density at radius 3 is 2.58 bits per heavy atom. The monoisotopic (exact) mass is 437 g/mol. The molecule has 1 N–H and O–H groups in total. The topological polar surface area (TPSA) is 61.9 Å². The van der Waals surface area contributed by atoms with Gasteiger partial charge in [-0.15, -0.1) is 0 Å². The summed E-state index contributed by atoms with van der Waals surface area (Å²) in [5.41, 5.74) is 0.397. The van der Waals surface area contributed by atoms with Gasteiger partial charge in [0.25, 0.3) is 0 Å². The van der Waals surface area contributed by atoms with E-state index in [2.05, 4.69) is 5.32 Å². The van der Waals surface area contributed by atoms with Crippen LogP contribution in [0.2, 0.25) is 0 Å². The van der Waals surface area contributed by atoms with Crippen LogP contribution in [0.25, 0.3) is 0 Å². The molecule has 6 nitrogen and oxygen atoms in total. The fraction of sp³-hybridized carbons (Fsp3) is 0.636. The number of nitrogens with zero attached hydrogens (tertiary/aromatic N) is 2. The van der Waals surface area contributed by atoms with Crippen molar-refractivity contribution in [2.24, 2.45) is 5.41 Å². The van der Waals surface area contributed by atoms with E-state index in [0.29, 0.717) is 32.6 Å². The summed E-state index contributed by atoms with van der Waals surface area (Å²) < 4.78 is 43.9. The molecule has 1 saturated carbocycles. The van der Waals surface area contributed by atoms with Crippen molar-refractivity contribution in [2.45, 2.75) is 49.9 Å². The second kappa shape index (κ2) is 7.39. The molecule has 4 aliphatic rings. The zero-order valence-corrected chi connectivity index (χ0v) is 17.2. The Labute approximate surface area is 178 Å². The van der Waals surface area contributed by atoms with E-state index in [1.807, 2.05) is 4.90 Å². The number of rotatable bonds is 1. The number of hydrogen-bond acceptors (Lipinski definition) is 3. The molecule has 0 unspecified atom stereocenters. The maximum Gasteiger partial charge on any atom is 0.416 e. The number of morpholine rings is 1. The third-order valence-corrected chi connectivity index (χ3v) is 7.37. The Kier molecular flexibility index (Phi) is 4.91. The van der Waals surface area contributed by atoms with Gasteiger partial charge in [-0.3, -0.25) is 4.79 Å². The molecule has 1 aliphatic carbocycles. The van der Waals surface area contributed by atoms with E-state index in [0.717, 1.165) is 37.0 Å². The molecule has 0 aromatic heterocycles. The first-order chi connectivity index (χ1) is 14.7. The van der Waals surface area contributed by atoms with Crippen molar-refractivity contribution in [3.63, 3.8) is 0 Å². The smallest absolute Gasteiger partial charge is 0.366 e. The minimum absolute atomic E-state index is 0.00753. The Hall–Kier alpha value is -2.29. The number of amides is 3. The fourth-order valence-corrected chi connectivity index (χ4v) is 5.67. The highest BCUT2D eigenvalue weighted by atomic mass is 19.4. The number of ether oxygens (including phenoxy) is 1. The van der Waals surface area contributed by atoms with Crippen LogP contribution in [0.5, 0.6) is 0 Å². The van der Waals surface area contributed by atoms with Crippen molar-refractivity contribution >= 4 is 11.9 Å². The number of likely N-dealkylation sites (tertiary alicyclic amines) is 2. The van der Waals surface area contributed by atoms with Gasteiger partial charge in [0.05, 0.1) is 17.7 Å². The first kappa shape index (κ1) is 20.6. The van der Waals surface area contributed by atoms with Crippen LogP contribution in [0.4, 0.5) is 18.0 Å². The summed E-state index contributed by atoms with van der Waals surface area (Å²) in [4.78, 5) is 28.4. The van der Waals surface area contributed by atoms with Crippen molar-refractivity contribution in [1.29, 1.82) is 0 Å². The number of alkyl halides is 3.